The van der Waals surface area contributed by atoms with Crippen molar-refractivity contribution in [2.45, 2.75) is 0 Å². The van der Waals surface area contributed by atoms with E-state index in [1.54, 1.807) is 0 Å². The Hall–Kier alpha value is -1.22. The topological polar surface area (TPSA) is 0 Å². The lowest BCUT2D eigenvalue weighted by molar-refractivity contribution is 1.77. The number of benzene rings is 2. The Morgan fingerprint density at radius 3 is 1.28 bits per heavy atom. The number of hydrogen-bond donors (Lipinski definition) is 0. The van der Waals surface area contributed by atoms with Crippen LogP contribution >= 0.6 is 17.2 Å². The summed E-state index contributed by atoms with van der Waals surface area (Å²) >= 11 is 0. The second kappa shape index (κ2) is 6.64. The van der Waals surface area contributed by atoms with Gasteiger partial charge in [0.25, 0.3) is 0 Å². The molecule has 2 rings (SSSR count). The summed E-state index contributed by atoms with van der Waals surface area (Å²) in [6, 6.07) is 20.9. The van der Waals surface area contributed by atoms with Crippen molar-refractivity contribution >= 4 is 27.8 Å². The normalized spacial score (nSPS) is 11.3. The molecule has 0 aliphatic heterocycles. The fourth-order valence-electron chi connectivity index (χ4n) is 1.54. The smallest absolute Gasteiger partial charge is 0.0226 e. The van der Waals surface area contributed by atoms with Crippen molar-refractivity contribution in [2.24, 2.45) is 0 Å². The molecule has 0 amide bonds. The Kier molecular flexibility index (Phi) is 4.88. The first kappa shape index (κ1) is 13.2. The van der Waals surface area contributed by atoms with Crippen LogP contribution in [0.2, 0.25) is 0 Å². The molecule has 0 saturated carbocycles. The molecule has 0 radical (unpaired) electrons. The molecule has 0 spiro atoms. The van der Waals surface area contributed by atoms with Crippen LogP contribution in [-0.2, 0) is 0 Å². The largest absolute Gasteiger partial charge is 0.0906 e. The Balaban J connectivity index is 1.96. The highest BCUT2D eigenvalue weighted by atomic mass is 31.1. The highest BCUT2D eigenvalue weighted by molar-refractivity contribution is 7.58. The van der Waals surface area contributed by atoms with E-state index in [2.05, 4.69) is 61.7 Å². The van der Waals surface area contributed by atoms with E-state index < -0.39 is 0 Å². The van der Waals surface area contributed by atoms with Crippen molar-refractivity contribution in [1.29, 1.82) is 0 Å². The van der Waals surface area contributed by atoms with E-state index in [9.17, 15) is 0 Å². The van der Waals surface area contributed by atoms with Gasteiger partial charge in [-0.1, -0.05) is 91.0 Å². The molecule has 0 nitrogen and oxygen atoms in total. The second-order valence-electron chi connectivity index (χ2n) is 3.94. The third-order valence-corrected chi connectivity index (χ3v) is 5.20. The average molecular weight is 270 g/mol. The minimum absolute atomic E-state index is 0.623. The zero-order valence-corrected chi connectivity index (χ0v) is 12.2. The molecule has 0 fully saturated rings. The van der Waals surface area contributed by atoms with Gasteiger partial charge in [-0.2, -0.15) is 0 Å². The van der Waals surface area contributed by atoms with Crippen molar-refractivity contribution in [2.75, 3.05) is 0 Å². The van der Waals surface area contributed by atoms with Crippen LogP contribution in [0.25, 0.3) is 0 Å². The molecule has 2 aromatic rings. The van der Waals surface area contributed by atoms with Gasteiger partial charge in [0.2, 0.25) is 0 Å². The SMILES string of the molecule is C=C(Pc1ccccc1)C(=C)Pc1ccccc1. The molecule has 90 valence electrons. The summed E-state index contributed by atoms with van der Waals surface area (Å²) in [4.78, 5) is 0. The van der Waals surface area contributed by atoms with E-state index in [0.717, 1.165) is 10.6 Å². The van der Waals surface area contributed by atoms with Gasteiger partial charge in [0, 0.05) is 0 Å². The van der Waals surface area contributed by atoms with E-state index >= 15 is 0 Å². The van der Waals surface area contributed by atoms with Crippen LogP contribution in [0, 0.1) is 0 Å². The third-order valence-electron chi connectivity index (χ3n) is 2.50. The third kappa shape index (κ3) is 3.91. The van der Waals surface area contributed by atoms with E-state index in [1.165, 1.54) is 10.6 Å². The first-order valence-corrected chi connectivity index (χ1v) is 7.78. The molecule has 2 heteroatoms. The highest BCUT2D eigenvalue weighted by Crippen LogP contribution is 2.36. The molecule has 2 atom stereocenters. The van der Waals surface area contributed by atoms with Crippen LogP contribution in [-0.4, -0.2) is 0 Å². The molecular weight excluding hydrogens is 254 g/mol. The molecule has 0 bridgehead atoms. The maximum atomic E-state index is 4.17. The second-order valence-corrected chi connectivity index (χ2v) is 6.80. The molecular formula is C16H16P2. The van der Waals surface area contributed by atoms with Gasteiger partial charge in [0.1, 0.15) is 0 Å². The highest BCUT2D eigenvalue weighted by Gasteiger charge is 2.03. The van der Waals surface area contributed by atoms with E-state index in [0.29, 0.717) is 17.2 Å². The van der Waals surface area contributed by atoms with Crippen molar-refractivity contribution in [3.05, 3.63) is 84.4 Å². The van der Waals surface area contributed by atoms with Crippen LogP contribution < -0.4 is 10.6 Å². The van der Waals surface area contributed by atoms with Gasteiger partial charge < -0.3 is 0 Å². The first-order chi connectivity index (χ1) is 8.75. The molecule has 0 N–H and O–H groups in total. The van der Waals surface area contributed by atoms with Gasteiger partial charge in [0.15, 0.2) is 0 Å². The quantitative estimate of drug-likeness (QED) is 0.568. The van der Waals surface area contributed by atoms with E-state index in [4.69, 9.17) is 0 Å². The van der Waals surface area contributed by atoms with Crippen LogP contribution in [0.4, 0.5) is 0 Å². The number of hydrogen-bond acceptors (Lipinski definition) is 0. The lowest BCUT2D eigenvalue weighted by atomic mass is 10.4. The van der Waals surface area contributed by atoms with Gasteiger partial charge in [-0.3, -0.25) is 0 Å². The van der Waals surface area contributed by atoms with Gasteiger partial charge in [-0.05, 0) is 21.2 Å². The van der Waals surface area contributed by atoms with Gasteiger partial charge in [-0.25, -0.2) is 0 Å². The van der Waals surface area contributed by atoms with Crippen LogP contribution in [0.3, 0.4) is 0 Å². The maximum Gasteiger partial charge on any atom is -0.0226 e. The molecule has 0 aliphatic carbocycles. The monoisotopic (exact) mass is 270 g/mol. The fourth-order valence-corrected chi connectivity index (χ4v) is 3.63. The van der Waals surface area contributed by atoms with E-state index in [-0.39, 0.29) is 0 Å². The lowest BCUT2D eigenvalue weighted by Gasteiger charge is -2.09. The van der Waals surface area contributed by atoms with Crippen molar-refractivity contribution < 1.29 is 0 Å². The number of rotatable bonds is 5. The summed E-state index contributed by atoms with van der Waals surface area (Å²) in [7, 11) is 1.25. The first-order valence-electron chi connectivity index (χ1n) is 5.78. The summed E-state index contributed by atoms with van der Waals surface area (Å²) in [5.41, 5.74) is 0. The average Bonchev–Trinajstić information content (AvgIpc) is 2.41. The summed E-state index contributed by atoms with van der Waals surface area (Å²) in [5.74, 6) is 0. The Bertz CT molecular complexity index is 478. The molecule has 2 aromatic carbocycles. The molecule has 0 aliphatic rings. The minimum atomic E-state index is 0.623. The fraction of sp³-hybridized carbons (Fsp3) is 0. The molecule has 0 saturated heterocycles. The zero-order valence-electron chi connectivity index (χ0n) is 10.2. The van der Waals surface area contributed by atoms with Gasteiger partial charge in [0.05, 0.1) is 0 Å². The predicted octanol–water partition coefficient (Wildman–Crippen LogP) is 4.02. The standard InChI is InChI=1S/C16H16P2/c1-13(17-15-9-5-3-6-10-15)14(2)18-16-11-7-4-8-12-16/h3-12,17-18H,1-2H2. The Labute approximate surface area is 112 Å². The Morgan fingerprint density at radius 1 is 0.611 bits per heavy atom. The molecule has 0 aromatic heterocycles. The lowest BCUT2D eigenvalue weighted by Crippen LogP contribution is -1.95. The van der Waals surface area contributed by atoms with Gasteiger partial charge in [-0.15, -0.1) is 0 Å². The van der Waals surface area contributed by atoms with Gasteiger partial charge >= 0.3 is 0 Å². The van der Waals surface area contributed by atoms with Crippen LogP contribution in [0.5, 0.6) is 0 Å². The summed E-state index contributed by atoms with van der Waals surface area (Å²) in [5, 5.41) is 4.95. The maximum absolute atomic E-state index is 4.17. The summed E-state index contributed by atoms with van der Waals surface area (Å²) in [6.07, 6.45) is 0. The molecule has 18 heavy (non-hydrogen) atoms. The minimum Gasteiger partial charge on any atom is -0.0906 e. The predicted molar refractivity (Wildman–Crippen MR) is 87.1 cm³/mol. The summed E-state index contributed by atoms with van der Waals surface area (Å²) in [6.45, 7) is 8.33. The van der Waals surface area contributed by atoms with Crippen LogP contribution in [0.15, 0.2) is 84.4 Å². The van der Waals surface area contributed by atoms with Crippen molar-refractivity contribution in [3.63, 3.8) is 0 Å². The molecule has 0 heterocycles. The zero-order chi connectivity index (χ0) is 12.8. The number of allylic oxidation sites excluding steroid dienone is 2. The van der Waals surface area contributed by atoms with Crippen molar-refractivity contribution in [1.82, 2.24) is 0 Å². The Morgan fingerprint density at radius 2 is 0.944 bits per heavy atom. The van der Waals surface area contributed by atoms with E-state index in [1.807, 2.05) is 12.1 Å². The van der Waals surface area contributed by atoms with Crippen molar-refractivity contribution in [3.8, 4) is 0 Å². The summed E-state index contributed by atoms with van der Waals surface area (Å²) < 4.78 is 0. The van der Waals surface area contributed by atoms with Crippen LogP contribution in [0.1, 0.15) is 0 Å². The molecule has 2 unspecified atom stereocenters.